The summed E-state index contributed by atoms with van der Waals surface area (Å²) < 4.78 is 33.5. The average molecular weight is 277 g/mol. The number of halogens is 2. The number of nitrogen functional groups attached to an aromatic ring is 1. The van der Waals surface area contributed by atoms with E-state index < -0.39 is 11.6 Å². The van der Waals surface area contributed by atoms with Gasteiger partial charge in [0.05, 0.1) is 11.3 Å². The van der Waals surface area contributed by atoms with Crippen molar-refractivity contribution in [2.75, 3.05) is 5.73 Å². The summed E-state index contributed by atoms with van der Waals surface area (Å²) in [4.78, 5) is 8.08. The van der Waals surface area contributed by atoms with Gasteiger partial charge in [-0.15, -0.1) is 0 Å². The highest BCUT2D eigenvalue weighted by atomic mass is 19.1. The SMILES string of the molecule is Cn1ccnc1-c1noc(-c2cc(N)c(F)cc2F)n1. The Morgan fingerprint density at radius 1 is 1.25 bits per heavy atom. The molecule has 6 nitrogen and oxygen atoms in total. The van der Waals surface area contributed by atoms with Gasteiger partial charge in [0.25, 0.3) is 5.89 Å². The van der Waals surface area contributed by atoms with Crippen LogP contribution in [0.4, 0.5) is 14.5 Å². The number of imidazole rings is 1. The van der Waals surface area contributed by atoms with Gasteiger partial charge in [-0.2, -0.15) is 4.98 Å². The molecule has 0 radical (unpaired) electrons. The minimum atomic E-state index is -0.838. The van der Waals surface area contributed by atoms with Crippen molar-refractivity contribution in [3.63, 3.8) is 0 Å². The third-order valence-electron chi connectivity index (χ3n) is 2.76. The molecule has 2 heterocycles. The molecular formula is C12H9F2N5O. The Morgan fingerprint density at radius 3 is 2.75 bits per heavy atom. The molecule has 0 unspecified atom stereocenters. The van der Waals surface area contributed by atoms with E-state index >= 15 is 0 Å². The number of benzene rings is 1. The monoisotopic (exact) mass is 277 g/mol. The lowest BCUT2D eigenvalue weighted by Crippen LogP contribution is -1.95. The topological polar surface area (TPSA) is 82.8 Å². The van der Waals surface area contributed by atoms with Gasteiger partial charge in [-0.05, 0) is 6.07 Å². The Morgan fingerprint density at radius 2 is 2.05 bits per heavy atom. The van der Waals surface area contributed by atoms with E-state index in [0.29, 0.717) is 11.9 Å². The van der Waals surface area contributed by atoms with Crippen LogP contribution in [0.2, 0.25) is 0 Å². The molecule has 0 saturated carbocycles. The summed E-state index contributed by atoms with van der Waals surface area (Å²) in [6.07, 6.45) is 3.28. The van der Waals surface area contributed by atoms with Gasteiger partial charge in [0.1, 0.15) is 11.6 Å². The zero-order valence-corrected chi connectivity index (χ0v) is 10.3. The fourth-order valence-corrected chi connectivity index (χ4v) is 1.73. The average Bonchev–Trinajstić information content (AvgIpc) is 3.02. The third kappa shape index (κ3) is 1.91. The first-order chi connectivity index (χ1) is 9.56. The van der Waals surface area contributed by atoms with Crippen LogP contribution in [0.5, 0.6) is 0 Å². The van der Waals surface area contributed by atoms with Gasteiger partial charge in [-0.1, -0.05) is 5.16 Å². The molecule has 2 N–H and O–H groups in total. The van der Waals surface area contributed by atoms with Crippen molar-refractivity contribution >= 4 is 5.69 Å². The zero-order valence-electron chi connectivity index (χ0n) is 10.3. The molecule has 0 aliphatic heterocycles. The first-order valence-electron chi connectivity index (χ1n) is 5.62. The van der Waals surface area contributed by atoms with Gasteiger partial charge >= 0.3 is 0 Å². The van der Waals surface area contributed by atoms with Crippen LogP contribution in [0, 0.1) is 11.6 Å². The number of anilines is 1. The second-order valence-corrected chi connectivity index (χ2v) is 4.14. The van der Waals surface area contributed by atoms with Crippen molar-refractivity contribution in [1.29, 1.82) is 0 Å². The molecule has 1 aromatic carbocycles. The van der Waals surface area contributed by atoms with Crippen molar-refractivity contribution in [2.24, 2.45) is 7.05 Å². The van der Waals surface area contributed by atoms with E-state index in [2.05, 4.69) is 15.1 Å². The van der Waals surface area contributed by atoms with Crippen LogP contribution in [-0.2, 0) is 7.05 Å². The molecule has 3 rings (SSSR count). The van der Waals surface area contributed by atoms with Gasteiger partial charge in [0.15, 0.2) is 5.82 Å². The predicted octanol–water partition coefficient (Wildman–Crippen LogP) is 2.00. The molecular weight excluding hydrogens is 268 g/mol. The van der Waals surface area contributed by atoms with Crippen LogP contribution >= 0.6 is 0 Å². The largest absolute Gasteiger partial charge is 0.396 e. The molecule has 0 spiro atoms. The van der Waals surface area contributed by atoms with E-state index in [1.54, 1.807) is 24.0 Å². The molecule has 2 aromatic heterocycles. The zero-order chi connectivity index (χ0) is 14.3. The number of rotatable bonds is 2. The molecule has 0 atom stereocenters. The second kappa shape index (κ2) is 4.41. The van der Waals surface area contributed by atoms with E-state index in [9.17, 15) is 8.78 Å². The highest BCUT2D eigenvalue weighted by Gasteiger charge is 2.18. The summed E-state index contributed by atoms with van der Waals surface area (Å²) in [6, 6.07) is 1.79. The number of hydrogen-bond acceptors (Lipinski definition) is 5. The second-order valence-electron chi connectivity index (χ2n) is 4.14. The molecule has 20 heavy (non-hydrogen) atoms. The van der Waals surface area contributed by atoms with Gasteiger partial charge in [0, 0.05) is 25.5 Å². The van der Waals surface area contributed by atoms with Gasteiger partial charge in [0.2, 0.25) is 5.82 Å². The molecule has 0 aliphatic rings. The maximum absolute atomic E-state index is 13.7. The smallest absolute Gasteiger partial charge is 0.261 e. The van der Waals surface area contributed by atoms with Gasteiger partial charge < -0.3 is 14.8 Å². The number of hydrogen-bond donors (Lipinski definition) is 1. The van der Waals surface area contributed by atoms with Gasteiger partial charge in [-0.25, -0.2) is 13.8 Å². The fraction of sp³-hybridized carbons (Fsp3) is 0.0833. The lowest BCUT2D eigenvalue weighted by atomic mass is 10.2. The maximum Gasteiger partial charge on any atom is 0.261 e. The van der Waals surface area contributed by atoms with Crippen LogP contribution < -0.4 is 5.73 Å². The minimum Gasteiger partial charge on any atom is -0.396 e. The molecule has 102 valence electrons. The quantitative estimate of drug-likeness (QED) is 0.724. The third-order valence-corrected chi connectivity index (χ3v) is 2.76. The summed E-state index contributed by atoms with van der Waals surface area (Å²) in [6.45, 7) is 0. The Hall–Kier alpha value is -2.77. The van der Waals surface area contributed by atoms with E-state index in [0.717, 1.165) is 6.07 Å². The summed E-state index contributed by atoms with van der Waals surface area (Å²) in [5.41, 5.74) is 5.15. The molecule has 0 saturated heterocycles. The minimum absolute atomic E-state index is 0.0585. The molecule has 0 bridgehead atoms. The van der Waals surface area contributed by atoms with Crippen molar-refractivity contribution in [3.05, 3.63) is 36.2 Å². The van der Waals surface area contributed by atoms with Crippen LogP contribution in [0.15, 0.2) is 29.0 Å². The predicted molar refractivity (Wildman–Crippen MR) is 66.3 cm³/mol. The number of nitrogens with two attached hydrogens (primary N) is 1. The summed E-state index contributed by atoms with van der Waals surface area (Å²) in [7, 11) is 1.76. The van der Waals surface area contributed by atoms with Crippen LogP contribution in [0.25, 0.3) is 23.1 Å². The highest BCUT2D eigenvalue weighted by Crippen LogP contribution is 2.27. The standard InChI is InChI=1S/C12H9F2N5O/c1-19-3-2-16-11(19)10-17-12(20-18-10)6-4-9(15)8(14)5-7(6)13/h2-5H,15H2,1H3. The lowest BCUT2D eigenvalue weighted by Gasteiger charge is -2.00. The fourth-order valence-electron chi connectivity index (χ4n) is 1.73. The van der Waals surface area contributed by atoms with Crippen LogP contribution in [0.3, 0.4) is 0 Å². The summed E-state index contributed by atoms with van der Waals surface area (Å²) >= 11 is 0. The Kier molecular flexibility index (Phi) is 2.70. The summed E-state index contributed by atoms with van der Waals surface area (Å²) in [5.74, 6) is -1.08. The highest BCUT2D eigenvalue weighted by molar-refractivity contribution is 5.62. The van der Waals surface area contributed by atoms with Crippen molar-refractivity contribution < 1.29 is 13.3 Å². The van der Waals surface area contributed by atoms with E-state index in [4.69, 9.17) is 10.3 Å². The van der Waals surface area contributed by atoms with Gasteiger partial charge in [-0.3, -0.25) is 0 Å². The van der Waals surface area contributed by atoms with Crippen LogP contribution in [0.1, 0.15) is 0 Å². The molecule has 0 fully saturated rings. The first kappa shape index (κ1) is 12.3. The Labute approximate surface area is 111 Å². The lowest BCUT2D eigenvalue weighted by molar-refractivity contribution is 0.429. The molecule has 8 heteroatoms. The van der Waals surface area contributed by atoms with Crippen molar-refractivity contribution in [3.8, 4) is 23.1 Å². The molecule has 0 amide bonds. The van der Waals surface area contributed by atoms with E-state index in [-0.39, 0.29) is 23.0 Å². The Balaban J connectivity index is 2.07. The number of aromatic nitrogens is 4. The number of aryl methyl sites for hydroxylation is 1. The van der Waals surface area contributed by atoms with E-state index in [1.165, 1.54) is 0 Å². The normalized spacial score (nSPS) is 10.9. The molecule has 0 aliphatic carbocycles. The first-order valence-corrected chi connectivity index (χ1v) is 5.62. The molecule has 3 aromatic rings. The summed E-state index contributed by atoms with van der Waals surface area (Å²) in [5, 5.41) is 3.72. The van der Waals surface area contributed by atoms with Crippen molar-refractivity contribution in [1.82, 2.24) is 19.7 Å². The number of nitrogens with zero attached hydrogens (tertiary/aromatic N) is 4. The van der Waals surface area contributed by atoms with Crippen LogP contribution in [-0.4, -0.2) is 19.7 Å². The van der Waals surface area contributed by atoms with Crippen molar-refractivity contribution in [2.45, 2.75) is 0 Å². The maximum atomic E-state index is 13.7. The Bertz CT molecular complexity index is 780. The van der Waals surface area contributed by atoms with E-state index in [1.807, 2.05) is 0 Å².